The van der Waals surface area contributed by atoms with Crippen LogP contribution in [0.1, 0.15) is 47.5 Å². The highest BCUT2D eigenvalue weighted by atomic mass is 32.2. The highest BCUT2D eigenvalue weighted by molar-refractivity contribution is 7.98. The number of hydrogen-bond donors (Lipinski definition) is 1. The summed E-state index contributed by atoms with van der Waals surface area (Å²) in [6.07, 6.45) is 4.93. The molecule has 4 rings (SSSR count). The fraction of sp³-hybridized carbons (Fsp3) is 0.444. The minimum absolute atomic E-state index is 0.0208. The molecule has 0 aromatic carbocycles. The molecular weight excluding hydrogens is 340 g/mol. The van der Waals surface area contributed by atoms with Crippen molar-refractivity contribution < 1.29 is 4.42 Å². The second kappa shape index (κ2) is 6.41. The average Bonchev–Trinajstić information content (AvgIpc) is 3.18. The van der Waals surface area contributed by atoms with Gasteiger partial charge in [0, 0.05) is 4.88 Å². The van der Waals surface area contributed by atoms with Crippen LogP contribution in [0.2, 0.25) is 0 Å². The lowest BCUT2D eigenvalue weighted by atomic mass is 9.89. The van der Waals surface area contributed by atoms with Gasteiger partial charge in [0.25, 0.3) is 5.56 Å². The molecule has 0 saturated heterocycles. The van der Waals surface area contributed by atoms with Gasteiger partial charge < -0.3 is 9.40 Å². The van der Waals surface area contributed by atoms with Crippen molar-refractivity contribution in [2.24, 2.45) is 5.92 Å². The first-order valence-corrected chi connectivity index (χ1v) is 10.2. The van der Waals surface area contributed by atoms with E-state index in [9.17, 15) is 4.79 Å². The summed E-state index contributed by atoms with van der Waals surface area (Å²) in [5.41, 5.74) is 1.26. The molecule has 4 nitrogen and oxygen atoms in total. The average molecular weight is 361 g/mol. The standard InChI is InChI=1S/C18H20N2O2S2/c1-10-5-6-13-14(8-10)24-18-15(13)17(21)19-16(20-18)11(2)23-9-12-4-3-7-22-12/h3-4,7,10-11H,5-6,8-9H2,1-2H3,(H,19,20,21)/t10-,11+/m1/s1. The summed E-state index contributed by atoms with van der Waals surface area (Å²) < 4.78 is 5.37. The van der Waals surface area contributed by atoms with Gasteiger partial charge in [0.05, 0.1) is 22.7 Å². The van der Waals surface area contributed by atoms with E-state index in [0.29, 0.717) is 5.92 Å². The Kier molecular flexibility index (Phi) is 4.26. The third-order valence-electron chi connectivity index (χ3n) is 4.62. The lowest BCUT2D eigenvalue weighted by molar-refractivity contribution is 0.509. The number of nitrogens with zero attached hydrogens (tertiary/aromatic N) is 1. The SMILES string of the molecule is C[C@@H]1CCc2c(sc3nc([C@H](C)SCc4ccco4)[nH]c(=O)c23)C1. The predicted molar refractivity (Wildman–Crippen MR) is 99.8 cm³/mol. The first-order valence-electron chi connectivity index (χ1n) is 8.30. The molecule has 24 heavy (non-hydrogen) atoms. The van der Waals surface area contributed by atoms with Crippen molar-refractivity contribution in [3.05, 3.63) is 50.8 Å². The Morgan fingerprint density at radius 2 is 2.42 bits per heavy atom. The number of aromatic nitrogens is 2. The maximum Gasteiger partial charge on any atom is 0.259 e. The molecule has 0 spiro atoms. The molecule has 3 heterocycles. The number of rotatable bonds is 4. The number of furan rings is 1. The van der Waals surface area contributed by atoms with Gasteiger partial charge in [-0.1, -0.05) is 6.92 Å². The second-order valence-corrected chi connectivity index (χ2v) is 8.93. The summed E-state index contributed by atoms with van der Waals surface area (Å²) >= 11 is 3.42. The molecule has 0 amide bonds. The number of aryl methyl sites for hydroxylation is 1. The van der Waals surface area contributed by atoms with Gasteiger partial charge in [-0.15, -0.1) is 23.1 Å². The Morgan fingerprint density at radius 1 is 1.54 bits per heavy atom. The summed E-state index contributed by atoms with van der Waals surface area (Å²) in [4.78, 5) is 22.7. The molecule has 1 aliphatic carbocycles. The van der Waals surface area contributed by atoms with Crippen LogP contribution < -0.4 is 5.56 Å². The second-order valence-electron chi connectivity index (χ2n) is 6.52. The minimum atomic E-state index is 0.0208. The van der Waals surface area contributed by atoms with E-state index in [2.05, 4.69) is 18.8 Å². The molecule has 0 unspecified atom stereocenters. The topological polar surface area (TPSA) is 58.9 Å². The van der Waals surface area contributed by atoms with Crippen LogP contribution in [0.3, 0.4) is 0 Å². The summed E-state index contributed by atoms with van der Waals surface area (Å²) in [7, 11) is 0. The van der Waals surface area contributed by atoms with Crippen molar-refractivity contribution in [3.63, 3.8) is 0 Å². The molecule has 1 N–H and O–H groups in total. The fourth-order valence-corrected chi connectivity index (χ4v) is 5.48. The van der Waals surface area contributed by atoms with E-state index >= 15 is 0 Å². The molecule has 0 radical (unpaired) electrons. The molecule has 6 heteroatoms. The Balaban J connectivity index is 1.64. The monoisotopic (exact) mass is 360 g/mol. The Morgan fingerprint density at radius 3 is 3.21 bits per heavy atom. The van der Waals surface area contributed by atoms with E-state index in [0.717, 1.165) is 46.8 Å². The molecule has 0 bridgehead atoms. The zero-order chi connectivity index (χ0) is 16.7. The van der Waals surface area contributed by atoms with Gasteiger partial charge >= 0.3 is 0 Å². The van der Waals surface area contributed by atoms with Gasteiger partial charge in [0.1, 0.15) is 16.4 Å². The van der Waals surface area contributed by atoms with Gasteiger partial charge in [-0.05, 0) is 49.8 Å². The maximum absolute atomic E-state index is 12.6. The van der Waals surface area contributed by atoms with E-state index in [-0.39, 0.29) is 10.8 Å². The molecule has 126 valence electrons. The number of fused-ring (bicyclic) bond motifs is 3. The number of thiophene rings is 1. The van der Waals surface area contributed by atoms with Crippen molar-refractivity contribution >= 4 is 33.3 Å². The van der Waals surface area contributed by atoms with Crippen LogP contribution >= 0.6 is 23.1 Å². The van der Waals surface area contributed by atoms with Crippen LogP contribution in [0, 0.1) is 5.92 Å². The predicted octanol–water partition coefficient (Wildman–Crippen LogP) is 4.70. The van der Waals surface area contributed by atoms with Crippen LogP contribution in [-0.2, 0) is 18.6 Å². The molecule has 3 aromatic rings. The Hall–Kier alpha value is -1.53. The summed E-state index contributed by atoms with van der Waals surface area (Å²) in [5.74, 6) is 3.17. The highest BCUT2D eigenvalue weighted by Gasteiger charge is 2.23. The van der Waals surface area contributed by atoms with Gasteiger partial charge in [-0.3, -0.25) is 4.79 Å². The Labute approximate surface area is 148 Å². The fourth-order valence-electron chi connectivity index (χ4n) is 3.24. The third kappa shape index (κ3) is 2.93. The number of thioether (sulfide) groups is 1. The third-order valence-corrected chi connectivity index (χ3v) is 6.95. The van der Waals surface area contributed by atoms with Crippen LogP contribution in [-0.4, -0.2) is 9.97 Å². The lowest BCUT2D eigenvalue weighted by Crippen LogP contribution is -2.15. The van der Waals surface area contributed by atoms with E-state index in [1.54, 1.807) is 29.4 Å². The molecule has 0 saturated carbocycles. The largest absolute Gasteiger partial charge is 0.468 e. The van der Waals surface area contributed by atoms with Crippen molar-refractivity contribution in [3.8, 4) is 0 Å². The first kappa shape index (κ1) is 16.0. The smallest absolute Gasteiger partial charge is 0.259 e. The molecule has 3 aromatic heterocycles. The van der Waals surface area contributed by atoms with Crippen molar-refractivity contribution in [2.45, 2.75) is 44.1 Å². The van der Waals surface area contributed by atoms with Crippen LogP contribution in [0.5, 0.6) is 0 Å². The minimum Gasteiger partial charge on any atom is -0.468 e. The highest BCUT2D eigenvalue weighted by Crippen LogP contribution is 2.37. The molecule has 1 aliphatic rings. The van der Waals surface area contributed by atoms with Gasteiger partial charge in [0.2, 0.25) is 0 Å². The van der Waals surface area contributed by atoms with Crippen LogP contribution in [0.4, 0.5) is 0 Å². The summed E-state index contributed by atoms with van der Waals surface area (Å²) in [6, 6.07) is 3.86. The van der Waals surface area contributed by atoms with Gasteiger partial charge in [-0.2, -0.15) is 0 Å². The molecule has 0 aliphatic heterocycles. The lowest BCUT2D eigenvalue weighted by Gasteiger charge is -2.17. The van der Waals surface area contributed by atoms with Crippen LogP contribution in [0.25, 0.3) is 10.2 Å². The zero-order valence-corrected chi connectivity index (χ0v) is 15.4. The van der Waals surface area contributed by atoms with E-state index in [1.807, 2.05) is 12.1 Å². The molecule has 0 fully saturated rings. The molecular formula is C18H20N2O2S2. The van der Waals surface area contributed by atoms with Crippen molar-refractivity contribution in [1.29, 1.82) is 0 Å². The molecule has 2 atom stereocenters. The van der Waals surface area contributed by atoms with Crippen molar-refractivity contribution in [1.82, 2.24) is 9.97 Å². The zero-order valence-electron chi connectivity index (χ0n) is 13.8. The number of aromatic amines is 1. The van der Waals surface area contributed by atoms with Gasteiger partial charge in [0.15, 0.2) is 0 Å². The first-order chi connectivity index (χ1) is 11.6. The maximum atomic E-state index is 12.6. The quantitative estimate of drug-likeness (QED) is 0.733. The van der Waals surface area contributed by atoms with Crippen LogP contribution in [0.15, 0.2) is 27.6 Å². The number of nitrogens with one attached hydrogen (secondary N) is 1. The Bertz CT molecular complexity index is 911. The summed E-state index contributed by atoms with van der Waals surface area (Å²) in [6.45, 7) is 4.36. The number of hydrogen-bond acceptors (Lipinski definition) is 5. The normalized spacial score (nSPS) is 18.7. The summed E-state index contributed by atoms with van der Waals surface area (Å²) in [5, 5.41) is 0.944. The number of H-pyrrole nitrogens is 1. The van der Waals surface area contributed by atoms with E-state index in [4.69, 9.17) is 9.40 Å². The van der Waals surface area contributed by atoms with Crippen molar-refractivity contribution in [2.75, 3.05) is 0 Å². The van der Waals surface area contributed by atoms with E-state index in [1.165, 1.54) is 10.4 Å². The van der Waals surface area contributed by atoms with Gasteiger partial charge in [-0.25, -0.2) is 4.98 Å². The van der Waals surface area contributed by atoms with E-state index < -0.39 is 0 Å².